The van der Waals surface area contributed by atoms with Gasteiger partial charge in [-0.25, -0.2) is 0 Å². The molecular formula is C20H33NO3S. The Balaban J connectivity index is 2.18. The molecule has 0 heterocycles. The lowest BCUT2D eigenvalue weighted by Crippen LogP contribution is -2.02. The lowest BCUT2D eigenvalue weighted by atomic mass is 10.0. The molecular weight excluding hydrogens is 334 g/mol. The molecule has 1 rings (SSSR count). The molecule has 0 saturated carbocycles. The second kappa shape index (κ2) is 12.9. The summed E-state index contributed by atoms with van der Waals surface area (Å²) in [6.45, 7) is 3.85. The maximum atomic E-state index is 11.8. The lowest BCUT2D eigenvalue weighted by molar-refractivity contribution is 0.340. The summed E-state index contributed by atoms with van der Waals surface area (Å²) in [6.07, 6.45) is 15.5. The van der Waals surface area contributed by atoms with Gasteiger partial charge in [-0.05, 0) is 37.5 Å². The molecule has 0 aliphatic heterocycles. The molecule has 0 radical (unpaired) electrons. The van der Waals surface area contributed by atoms with E-state index < -0.39 is 10.1 Å². The highest BCUT2D eigenvalue weighted by atomic mass is 32.2. The molecule has 0 saturated heterocycles. The molecule has 1 aromatic carbocycles. The van der Waals surface area contributed by atoms with Crippen molar-refractivity contribution in [3.05, 3.63) is 29.8 Å². The molecule has 0 aliphatic rings. The van der Waals surface area contributed by atoms with Crippen LogP contribution < -0.4 is 0 Å². The zero-order valence-electron chi connectivity index (χ0n) is 15.7. The van der Waals surface area contributed by atoms with Gasteiger partial charge >= 0.3 is 10.1 Å². The van der Waals surface area contributed by atoms with Gasteiger partial charge in [0, 0.05) is 6.21 Å². The van der Waals surface area contributed by atoms with Crippen LogP contribution >= 0.6 is 0 Å². The van der Waals surface area contributed by atoms with Crippen molar-refractivity contribution in [3.63, 3.8) is 0 Å². The monoisotopic (exact) mass is 367 g/mol. The van der Waals surface area contributed by atoms with E-state index in [1.165, 1.54) is 64.0 Å². The van der Waals surface area contributed by atoms with Crippen molar-refractivity contribution in [3.8, 4) is 0 Å². The lowest BCUT2D eigenvalue weighted by Gasteiger charge is -2.05. The van der Waals surface area contributed by atoms with E-state index in [9.17, 15) is 8.42 Å². The Kier molecular flexibility index (Phi) is 11.2. The smallest absolute Gasteiger partial charge is 0.265 e. The van der Waals surface area contributed by atoms with E-state index in [4.69, 9.17) is 0 Å². The molecule has 1 aromatic rings. The molecule has 4 nitrogen and oxygen atoms in total. The van der Waals surface area contributed by atoms with E-state index in [1.807, 2.05) is 12.1 Å². The fraction of sp³-hybridized carbons (Fsp3) is 0.650. The van der Waals surface area contributed by atoms with Crippen LogP contribution in [0.25, 0.3) is 0 Å². The standard InChI is InChI=1S/C20H33NO3S/c1-3-5-6-7-8-9-10-11-12-13-14-19-15-17-20(18-16-19)25(22,23)24-21-4-2/h4,15-18H,3,5-14H2,1-2H3. The van der Waals surface area contributed by atoms with Crippen molar-refractivity contribution < 1.29 is 12.7 Å². The number of oxime groups is 1. The number of unbranched alkanes of at least 4 members (excludes halogenated alkanes) is 9. The van der Waals surface area contributed by atoms with E-state index in [2.05, 4.69) is 16.4 Å². The van der Waals surface area contributed by atoms with Gasteiger partial charge in [-0.1, -0.05) is 82.0 Å². The van der Waals surface area contributed by atoms with E-state index in [0.717, 1.165) is 18.4 Å². The first kappa shape index (κ1) is 21.7. The minimum absolute atomic E-state index is 0.143. The van der Waals surface area contributed by atoms with Crippen LogP contribution in [-0.4, -0.2) is 14.6 Å². The SMILES string of the molecule is CC=NOS(=O)(=O)c1ccc(CCCCCCCCCCCC)cc1. The van der Waals surface area contributed by atoms with Gasteiger partial charge < -0.3 is 0 Å². The zero-order valence-corrected chi connectivity index (χ0v) is 16.6. The van der Waals surface area contributed by atoms with Crippen LogP contribution in [0.5, 0.6) is 0 Å². The van der Waals surface area contributed by atoms with Crippen molar-refractivity contribution in [2.24, 2.45) is 5.16 Å². The first-order valence-corrected chi connectivity index (χ1v) is 11.0. The van der Waals surface area contributed by atoms with Crippen LogP contribution in [0, 0.1) is 0 Å². The van der Waals surface area contributed by atoms with Crippen LogP contribution in [0.2, 0.25) is 0 Å². The van der Waals surface area contributed by atoms with Gasteiger partial charge in [0.2, 0.25) is 0 Å². The van der Waals surface area contributed by atoms with Gasteiger partial charge in [0.05, 0.1) is 0 Å². The summed E-state index contributed by atoms with van der Waals surface area (Å²) < 4.78 is 28.1. The Bertz CT molecular complexity index is 579. The summed E-state index contributed by atoms with van der Waals surface area (Å²) >= 11 is 0. The zero-order chi connectivity index (χ0) is 18.4. The Morgan fingerprint density at radius 2 is 1.40 bits per heavy atom. The second-order valence-corrected chi connectivity index (χ2v) is 8.00. The predicted molar refractivity (Wildman–Crippen MR) is 104 cm³/mol. The molecule has 0 fully saturated rings. The van der Waals surface area contributed by atoms with Gasteiger partial charge in [-0.3, -0.25) is 4.28 Å². The van der Waals surface area contributed by atoms with Crippen molar-refractivity contribution in [1.29, 1.82) is 0 Å². The Hall–Kier alpha value is -1.36. The van der Waals surface area contributed by atoms with Gasteiger partial charge in [0.25, 0.3) is 0 Å². The van der Waals surface area contributed by atoms with Crippen LogP contribution in [0.15, 0.2) is 34.3 Å². The van der Waals surface area contributed by atoms with Crippen LogP contribution in [-0.2, 0) is 20.8 Å². The van der Waals surface area contributed by atoms with Crippen molar-refractivity contribution in [2.75, 3.05) is 0 Å². The summed E-state index contributed by atoms with van der Waals surface area (Å²) in [7, 11) is -3.78. The van der Waals surface area contributed by atoms with Gasteiger partial charge in [-0.2, -0.15) is 8.42 Å². The number of aryl methyl sites for hydroxylation is 1. The van der Waals surface area contributed by atoms with Crippen molar-refractivity contribution in [2.45, 2.75) is 89.4 Å². The van der Waals surface area contributed by atoms with Crippen LogP contribution in [0.4, 0.5) is 0 Å². The highest BCUT2D eigenvalue weighted by Crippen LogP contribution is 2.16. The normalized spacial score (nSPS) is 11.9. The summed E-state index contributed by atoms with van der Waals surface area (Å²) in [4.78, 5) is 0.143. The molecule has 0 spiro atoms. The Morgan fingerprint density at radius 3 is 1.92 bits per heavy atom. The third-order valence-corrected chi connectivity index (χ3v) is 5.41. The fourth-order valence-corrected chi connectivity index (χ4v) is 3.54. The Labute approximate surface area is 153 Å². The van der Waals surface area contributed by atoms with Crippen molar-refractivity contribution >= 4 is 16.3 Å². The van der Waals surface area contributed by atoms with E-state index in [1.54, 1.807) is 19.1 Å². The summed E-state index contributed by atoms with van der Waals surface area (Å²) in [5.74, 6) is 0. The molecule has 5 heteroatoms. The fourth-order valence-electron chi connectivity index (χ4n) is 2.78. The maximum absolute atomic E-state index is 11.8. The summed E-state index contributed by atoms with van der Waals surface area (Å²) in [5.41, 5.74) is 1.16. The molecule has 0 amide bonds. The highest BCUT2D eigenvalue weighted by Gasteiger charge is 2.14. The van der Waals surface area contributed by atoms with Gasteiger partial charge in [0.15, 0.2) is 0 Å². The average Bonchev–Trinajstić information content (AvgIpc) is 2.62. The number of nitrogens with zero attached hydrogens (tertiary/aromatic N) is 1. The first-order chi connectivity index (χ1) is 12.1. The third-order valence-electron chi connectivity index (χ3n) is 4.28. The third kappa shape index (κ3) is 9.63. The number of hydrogen-bond acceptors (Lipinski definition) is 4. The highest BCUT2D eigenvalue weighted by molar-refractivity contribution is 7.86. The number of hydrogen-bond donors (Lipinski definition) is 0. The molecule has 142 valence electrons. The van der Waals surface area contributed by atoms with Crippen LogP contribution in [0.3, 0.4) is 0 Å². The molecule has 0 unspecified atom stereocenters. The minimum atomic E-state index is -3.78. The number of benzene rings is 1. The van der Waals surface area contributed by atoms with Gasteiger partial charge in [0.1, 0.15) is 4.90 Å². The molecule has 25 heavy (non-hydrogen) atoms. The first-order valence-electron chi connectivity index (χ1n) is 9.60. The van der Waals surface area contributed by atoms with E-state index >= 15 is 0 Å². The molecule has 0 aromatic heterocycles. The summed E-state index contributed by atoms with van der Waals surface area (Å²) in [5, 5.41) is 3.34. The Morgan fingerprint density at radius 1 is 0.880 bits per heavy atom. The van der Waals surface area contributed by atoms with Crippen LogP contribution in [0.1, 0.15) is 83.6 Å². The average molecular weight is 368 g/mol. The molecule has 0 N–H and O–H groups in total. The topological polar surface area (TPSA) is 55.7 Å². The second-order valence-electron chi connectivity index (χ2n) is 6.47. The van der Waals surface area contributed by atoms with Gasteiger partial charge in [-0.15, -0.1) is 0 Å². The minimum Gasteiger partial charge on any atom is -0.265 e. The molecule has 0 aliphatic carbocycles. The maximum Gasteiger partial charge on any atom is 0.358 e. The van der Waals surface area contributed by atoms with Crippen molar-refractivity contribution in [1.82, 2.24) is 0 Å². The molecule has 0 atom stereocenters. The molecule has 0 bridgehead atoms. The van der Waals surface area contributed by atoms with E-state index in [0.29, 0.717) is 0 Å². The van der Waals surface area contributed by atoms with E-state index in [-0.39, 0.29) is 4.90 Å². The summed E-state index contributed by atoms with van der Waals surface area (Å²) in [6, 6.07) is 6.90. The predicted octanol–water partition coefficient (Wildman–Crippen LogP) is 5.86. The largest absolute Gasteiger partial charge is 0.358 e. The number of rotatable bonds is 14. The quantitative estimate of drug-likeness (QED) is 0.235.